The molecule has 2 nitrogen and oxygen atoms in total. The van der Waals surface area contributed by atoms with Crippen LogP contribution < -0.4 is 5.32 Å². The van der Waals surface area contributed by atoms with E-state index in [0.717, 1.165) is 23.7 Å². The number of aliphatic hydroxyl groups excluding tert-OH is 1. The normalized spacial score (nSPS) is 26.8. The van der Waals surface area contributed by atoms with Crippen LogP contribution in [0.5, 0.6) is 0 Å². The molecule has 1 aliphatic rings. The van der Waals surface area contributed by atoms with E-state index in [1.165, 1.54) is 12.0 Å². The van der Waals surface area contributed by atoms with Crippen molar-refractivity contribution in [3.8, 4) is 0 Å². The first-order valence-electron chi connectivity index (χ1n) is 6.36. The summed E-state index contributed by atoms with van der Waals surface area (Å²) in [5.74, 6) is 0. The Morgan fingerprint density at radius 2 is 2.12 bits per heavy atom. The van der Waals surface area contributed by atoms with E-state index in [2.05, 4.69) is 46.4 Å². The lowest BCUT2D eigenvalue weighted by atomic mass is 9.91. The number of hydrogen-bond donors (Lipinski definition) is 2. The second-order valence-corrected chi connectivity index (χ2v) is 5.82. The summed E-state index contributed by atoms with van der Waals surface area (Å²) >= 11 is 3.49. The van der Waals surface area contributed by atoms with Crippen LogP contribution in [0.1, 0.15) is 44.2 Å². The standard InChI is InChI=1S/C14H20BrNO/c1-10(11-5-4-6-12(15)9-11)16-13-7-2-3-8-14(13)17/h4-6,9-10,13-14,16-17H,2-3,7-8H2,1H3/t10?,13-,14-/m0/s1. The van der Waals surface area contributed by atoms with Gasteiger partial charge in [-0.1, -0.05) is 40.9 Å². The SMILES string of the molecule is CC(N[C@H]1CCCC[C@@H]1O)c1cccc(Br)c1. The number of aliphatic hydroxyl groups is 1. The third kappa shape index (κ3) is 3.54. The first-order chi connectivity index (χ1) is 8.16. The zero-order chi connectivity index (χ0) is 12.3. The molecule has 1 aromatic carbocycles. The highest BCUT2D eigenvalue weighted by Gasteiger charge is 2.24. The molecule has 0 bridgehead atoms. The van der Waals surface area contributed by atoms with Crippen molar-refractivity contribution in [2.24, 2.45) is 0 Å². The molecule has 1 unspecified atom stereocenters. The maximum atomic E-state index is 9.95. The van der Waals surface area contributed by atoms with E-state index in [0.29, 0.717) is 0 Å². The van der Waals surface area contributed by atoms with E-state index in [1.54, 1.807) is 0 Å². The molecule has 0 amide bonds. The maximum absolute atomic E-state index is 9.95. The lowest BCUT2D eigenvalue weighted by Crippen LogP contribution is -2.43. The maximum Gasteiger partial charge on any atom is 0.0693 e. The highest BCUT2D eigenvalue weighted by molar-refractivity contribution is 9.10. The molecule has 0 saturated heterocycles. The Morgan fingerprint density at radius 1 is 1.35 bits per heavy atom. The molecule has 1 aliphatic carbocycles. The smallest absolute Gasteiger partial charge is 0.0693 e. The first kappa shape index (κ1) is 13.1. The Hall–Kier alpha value is -0.380. The van der Waals surface area contributed by atoms with Crippen LogP contribution in [0.15, 0.2) is 28.7 Å². The Kier molecular flexibility index (Phi) is 4.60. The van der Waals surface area contributed by atoms with Gasteiger partial charge in [0.2, 0.25) is 0 Å². The Bertz CT molecular complexity index is 369. The van der Waals surface area contributed by atoms with E-state index in [1.807, 2.05) is 6.07 Å². The summed E-state index contributed by atoms with van der Waals surface area (Å²) in [6.45, 7) is 2.16. The fourth-order valence-corrected chi connectivity index (χ4v) is 2.92. The zero-order valence-corrected chi connectivity index (χ0v) is 11.8. The van der Waals surface area contributed by atoms with Crippen molar-refractivity contribution >= 4 is 15.9 Å². The number of nitrogens with one attached hydrogen (secondary N) is 1. The Labute approximate surface area is 112 Å². The van der Waals surface area contributed by atoms with Crippen molar-refractivity contribution in [3.05, 3.63) is 34.3 Å². The molecule has 0 radical (unpaired) electrons. The summed E-state index contributed by atoms with van der Waals surface area (Å²) in [6, 6.07) is 8.87. The van der Waals surface area contributed by atoms with Gasteiger partial charge in [0, 0.05) is 16.6 Å². The predicted octanol–water partition coefficient (Wildman–Crippen LogP) is 3.40. The van der Waals surface area contributed by atoms with Gasteiger partial charge >= 0.3 is 0 Å². The largest absolute Gasteiger partial charge is 0.392 e. The van der Waals surface area contributed by atoms with Crippen molar-refractivity contribution in [2.75, 3.05) is 0 Å². The molecule has 3 atom stereocenters. The van der Waals surface area contributed by atoms with Crippen molar-refractivity contribution < 1.29 is 5.11 Å². The zero-order valence-electron chi connectivity index (χ0n) is 10.2. The molecule has 1 fully saturated rings. The minimum absolute atomic E-state index is 0.182. The van der Waals surface area contributed by atoms with Crippen molar-refractivity contribution in [1.82, 2.24) is 5.32 Å². The van der Waals surface area contributed by atoms with Gasteiger partial charge in [-0.2, -0.15) is 0 Å². The molecule has 0 spiro atoms. The molecule has 0 aliphatic heterocycles. The molecule has 17 heavy (non-hydrogen) atoms. The van der Waals surface area contributed by atoms with Crippen LogP contribution in [0.25, 0.3) is 0 Å². The van der Waals surface area contributed by atoms with Gasteiger partial charge < -0.3 is 10.4 Å². The number of halogens is 1. The molecule has 0 heterocycles. The molecule has 1 aromatic rings. The van der Waals surface area contributed by atoms with E-state index in [4.69, 9.17) is 0 Å². The van der Waals surface area contributed by atoms with E-state index < -0.39 is 0 Å². The average molecular weight is 298 g/mol. The van der Waals surface area contributed by atoms with Crippen molar-refractivity contribution in [1.29, 1.82) is 0 Å². The summed E-state index contributed by atoms with van der Waals surface area (Å²) in [7, 11) is 0. The van der Waals surface area contributed by atoms with Crippen LogP contribution in [0.3, 0.4) is 0 Å². The summed E-state index contributed by atoms with van der Waals surface area (Å²) in [5, 5.41) is 13.5. The number of hydrogen-bond acceptors (Lipinski definition) is 2. The molecular formula is C14H20BrNO. The monoisotopic (exact) mass is 297 g/mol. The summed E-state index contributed by atoms with van der Waals surface area (Å²) in [5.41, 5.74) is 1.26. The quantitative estimate of drug-likeness (QED) is 0.896. The minimum Gasteiger partial charge on any atom is -0.392 e. The fourth-order valence-electron chi connectivity index (χ4n) is 2.50. The molecule has 94 valence electrons. The van der Waals surface area contributed by atoms with Gasteiger partial charge in [0.25, 0.3) is 0 Å². The summed E-state index contributed by atoms with van der Waals surface area (Å²) in [6.07, 6.45) is 4.21. The highest BCUT2D eigenvalue weighted by Crippen LogP contribution is 2.23. The van der Waals surface area contributed by atoms with E-state index in [-0.39, 0.29) is 18.2 Å². The van der Waals surface area contributed by atoms with Crippen LogP contribution >= 0.6 is 15.9 Å². The molecular weight excluding hydrogens is 278 g/mol. The third-order valence-corrected chi connectivity index (χ3v) is 4.04. The van der Waals surface area contributed by atoms with Crippen molar-refractivity contribution in [2.45, 2.75) is 50.8 Å². The van der Waals surface area contributed by atoms with Gasteiger partial charge in [-0.25, -0.2) is 0 Å². The third-order valence-electron chi connectivity index (χ3n) is 3.54. The topological polar surface area (TPSA) is 32.3 Å². The summed E-state index contributed by atoms with van der Waals surface area (Å²) < 4.78 is 1.10. The van der Waals surface area contributed by atoms with Crippen molar-refractivity contribution in [3.63, 3.8) is 0 Å². The van der Waals surface area contributed by atoms with Crippen LogP contribution in [0.2, 0.25) is 0 Å². The van der Waals surface area contributed by atoms with E-state index in [9.17, 15) is 5.11 Å². The first-order valence-corrected chi connectivity index (χ1v) is 7.15. The molecule has 0 aromatic heterocycles. The number of rotatable bonds is 3. The van der Waals surface area contributed by atoms with Crippen LogP contribution in [0.4, 0.5) is 0 Å². The van der Waals surface area contributed by atoms with Gasteiger partial charge in [-0.3, -0.25) is 0 Å². The lowest BCUT2D eigenvalue weighted by Gasteiger charge is -2.31. The second-order valence-electron chi connectivity index (χ2n) is 4.90. The fraction of sp³-hybridized carbons (Fsp3) is 0.571. The highest BCUT2D eigenvalue weighted by atomic mass is 79.9. The van der Waals surface area contributed by atoms with E-state index >= 15 is 0 Å². The van der Waals surface area contributed by atoms with Crippen LogP contribution in [-0.2, 0) is 0 Å². The molecule has 2 rings (SSSR count). The van der Waals surface area contributed by atoms with Crippen LogP contribution in [0, 0.1) is 0 Å². The second kappa shape index (κ2) is 5.98. The minimum atomic E-state index is -0.182. The molecule has 1 saturated carbocycles. The lowest BCUT2D eigenvalue weighted by molar-refractivity contribution is 0.0860. The van der Waals surface area contributed by atoms with Crippen LogP contribution in [-0.4, -0.2) is 17.3 Å². The Morgan fingerprint density at radius 3 is 2.82 bits per heavy atom. The van der Waals surface area contributed by atoms with Gasteiger partial charge in [-0.05, 0) is 37.5 Å². The number of benzene rings is 1. The molecule has 2 N–H and O–H groups in total. The van der Waals surface area contributed by atoms with Gasteiger partial charge in [0.15, 0.2) is 0 Å². The van der Waals surface area contributed by atoms with Gasteiger partial charge in [0.1, 0.15) is 0 Å². The van der Waals surface area contributed by atoms with Gasteiger partial charge in [-0.15, -0.1) is 0 Å². The van der Waals surface area contributed by atoms with Gasteiger partial charge in [0.05, 0.1) is 6.10 Å². The predicted molar refractivity (Wildman–Crippen MR) is 74.0 cm³/mol. The average Bonchev–Trinajstić information content (AvgIpc) is 2.32. The molecule has 3 heteroatoms. The summed E-state index contributed by atoms with van der Waals surface area (Å²) in [4.78, 5) is 0. The Balaban J connectivity index is 1.98.